The lowest BCUT2D eigenvalue weighted by Crippen LogP contribution is -2.33. The summed E-state index contributed by atoms with van der Waals surface area (Å²) < 4.78 is 15.6. The smallest absolute Gasteiger partial charge is 0.320 e. The lowest BCUT2D eigenvalue weighted by atomic mass is 9.81. The topological polar surface area (TPSA) is 96.0 Å². The Bertz CT molecular complexity index is 577. The molecule has 0 amide bonds. The second kappa shape index (κ2) is 4.16. The van der Waals surface area contributed by atoms with Crippen molar-refractivity contribution >= 4 is 23.7 Å². The van der Waals surface area contributed by atoms with Gasteiger partial charge in [-0.05, 0) is 13.8 Å². The van der Waals surface area contributed by atoms with Crippen molar-refractivity contribution in [1.29, 1.82) is 0 Å². The normalized spacial score (nSPS) is 47.0. The van der Waals surface area contributed by atoms with Crippen molar-refractivity contribution in [1.82, 2.24) is 0 Å². The minimum absolute atomic E-state index is 0.0696. The Labute approximate surface area is 126 Å². The minimum Gasteiger partial charge on any atom is -0.466 e. The van der Waals surface area contributed by atoms with Gasteiger partial charge in [-0.15, -0.1) is 0 Å². The Balaban J connectivity index is 1.70. The van der Waals surface area contributed by atoms with Crippen molar-refractivity contribution in [3.05, 3.63) is 0 Å². The van der Waals surface area contributed by atoms with Crippen molar-refractivity contribution in [2.45, 2.75) is 32.5 Å². The van der Waals surface area contributed by atoms with E-state index in [1.807, 2.05) is 0 Å². The van der Waals surface area contributed by atoms with E-state index in [0.29, 0.717) is 0 Å². The summed E-state index contributed by atoms with van der Waals surface area (Å²) in [7, 11) is 0. The number of ether oxygens (including phenoxy) is 3. The van der Waals surface area contributed by atoms with E-state index in [2.05, 4.69) is 0 Å². The highest BCUT2D eigenvalue weighted by Gasteiger charge is 2.86. The van der Waals surface area contributed by atoms with Gasteiger partial charge in [0.05, 0.1) is 36.1 Å². The second-order valence-electron chi connectivity index (χ2n) is 6.55. The van der Waals surface area contributed by atoms with Crippen molar-refractivity contribution in [3.8, 4) is 0 Å². The van der Waals surface area contributed by atoms with Gasteiger partial charge in [-0.2, -0.15) is 0 Å². The molecule has 3 saturated heterocycles. The van der Waals surface area contributed by atoms with Crippen LogP contribution < -0.4 is 0 Å². The van der Waals surface area contributed by atoms with E-state index in [1.165, 1.54) is 6.92 Å². The SMILES string of the molecule is CCOC(=O)C1(CC(C)=O)C2C3OC(C4C(=O)OC(=O)C34)C21. The van der Waals surface area contributed by atoms with E-state index in [0.717, 1.165) is 0 Å². The van der Waals surface area contributed by atoms with Crippen molar-refractivity contribution in [2.75, 3.05) is 6.61 Å². The average molecular weight is 308 g/mol. The molecule has 6 atom stereocenters. The van der Waals surface area contributed by atoms with Gasteiger partial charge in [0.1, 0.15) is 5.78 Å². The maximum absolute atomic E-state index is 12.4. The summed E-state index contributed by atoms with van der Waals surface area (Å²) in [4.78, 5) is 47.8. The Morgan fingerprint density at radius 1 is 1.14 bits per heavy atom. The van der Waals surface area contributed by atoms with Crippen LogP contribution in [0.5, 0.6) is 0 Å². The minimum atomic E-state index is -0.930. The summed E-state index contributed by atoms with van der Waals surface area (Å²) in [6.07, 6.45) is -0.981. The zero-order chi connectivity index (χ0) is 15.8. The molecule has 7 heteroatoms. The molecular weight excluding hydrogens is 292 g/mol. The number of hydrogen-bond acceptors (Lipinski definition) is 7. The van der Waals surface area contributed by atoms with Crippen molar-refractivity contribution in [2.24, 2.45) is 29.1 Å². The quantitative estimate of drug-likeness (QED) is 0.526. The van der Waals surface area contributed by atoms with Crippen LogP contribution in [-0.4, -0.2) is 42.5 Å². The first kappa shape index (κ1) is 13.9. The number of cyclic esters (lactones) is 2. The molecule has 6 unspecified atom stereocenters. The number of hydrogen-bond donors (Lipinski definition) is 0. The molecule has 7 nitrogen and oxygen atoms in total. The van der Waals surface area contributed by atoms with Crippen LogP contribution in [0, 0.1) is 29.1 Å². The number of ketones is 1. The molecule has 0 radical (unpaired) electrons. The predicted molar refractivity (Wildman–Crippen MR) is 68.1 cm³/mol. The molecule has 0 aromatic rings. The van der Waals surface area contributed by atoms with Gasteiger partial charge in [-0.3, -0.25) is 19.2 Å². The number of carbonyl (C=O) groups excluding carboxylic acids is 4. The lowest BCUT2D eigenvalue weighted by molar-refractivity contribution is -0.162. The average Bonchev–Trinajstić information content (AvgIpc) is 2.76. The molecule has 22 heavy (non-hydrogen) atoms. The largest absolute Gasteiger partial charge is 0.466 e. The monoisotopic (exact) mass is 308 g/mol. The van der Waals surface area contributed by atoms with Gasteiger partial charge in [-0.25, -0.2) is 0 Å². The predicted octanol–water partition coefficient (Wildman–Crippen LogP) is -0.142. The third kappa shape index (κ3) is 1.40. The van der Waals surface area contributed by atoms with Gasteiger partial charge in [0, 0.05) is 18.3 Å². The van der Waals surface area contributed by atoms with E-state index in [1.54, 1.807) is 6.92 Å². The number of esters is 3. The molecule has 1 aliphatic carbocycles. The zero-order valence-corrected chi connectivity index (χ0v) is 12.2. The van der Waals surface area contributed by atoms with Crippen LogP contribution in [0.15, 0.2) is 0 Å². The molecule has 0 spiro atoms. The number of carbonyl (C=O) groups is 4. The molecule has 118 valence electrons. The Morgan fingerprint density at radius 3 is 2.14 bits per heavy atom. The summed E-state index contributed by atoms with van der Waals surface area (Å²) in [5, 5.41) is 0. The number of fused-ring (bicyclic) bond motifs is 8. The molecule has 3 heterocycles. The van der Waals surface area contributed by atoms with Gasteiger partial charge >= 0.3 is 17.9 Å². The summed E-state index contributed by atoms with van der Waals surface area (Å²) >= 11 is 0. The number of rotatable bonds is 4. The molecule has 0 N–H and O–H groups in total. The summed E-state index contributed by atoms with van der Waals surface area (Å²) in [5.41, 5.74) is -0.930. The van der Waals surface area contributed by atoms with E-state index in [-0.39, 0.29) is 30.6 Å². The number of Topliss-reactive ketones (excluding diaryl/α,β-unsaturated/α-hetero) is 1. The summed E-state index contributed by atoms with van der Waals surface area (Å²) in [6, 6.07) is 0. The van der Waals surface area contributed by atoms with Crippen LogP contribution in [-0.2, 0) is 33.4 Å². The van der Waals surface area contributed by atoms with Crippen molar-refractivity contribution < 1.29 is 33.4 Å². The fourth-order valence-electron chi connectivity index (χ4n) is 4.92. The fourth-order valence-corrected chi connectivity index (χ4v) is 4.92. The van der Waals surface area contributed by atoms with Gasteiger partial charge in [-0.1, -0.05) is 0 Å². The first-order valence-electron chi connectivity index (χ1n) is 7.51. The molecule has 4 fully saturated rings. The molecule has 3 aliphatic heterocycles. The van der Waals surface area contributed by atoms with Crippen LogP contribution >= 0.6 is 0 Å². The van der Waals surface area contributed by atoms with Crippen LogP contribution in [0.3, 0.4) is 0 Å². The molecule has 4 aliphatic rings. The van der Waals surface area contributed by atoms with Crippen LogP contribution in [0.2, 0.25) is 0 Å². The third-order valence-electron chi connectivity index (χ3n) is 5.53. The van der Waals surface area contributed by atoms with E-state index in [9.17, 15) is 19.2 Å². The Kier molecular flexibility index (Phi) is 2.62. The Morgan fingerprint density at radius 2 is 1.68 bits per heavy atom. The maximum atomic E-state index is 12.4. The molecule has 2 bridgehead atoms. The van der Waals surface area contributed by atoms with Gasteiger partial charge in [0.15, 0.2) is 0 Å². The third-order valence-corrected chi connectivity index (χ3v) is 5.53. The van der Waals surface area contributed by atoms with Crippen LogP contribution in [0.1, 0.15) is 20.3 Å². The Hall–Kier alpha value is -1.76. The van der Waals surface area contributed by atoms with Crippen molar-refractivity contribution in [3.63, 3.8) is 0 Å². The van der Waals surface area contributed by atoms with Gasteiger partial charge in [0.25, 0.3) is 0 Å². The second-order valence-corrected chi connectivity index (χ2v) is 6.55. The van der Waals surface area contributed by atoms with E-state index in [4.69, 9.17) is 14.2 Å². The highest BCUT2D eigenvalue weighted by atomic mass is 16.6. The molecule has 1 saturated carbocycles. The van der Waals surface area contributed by atoms with Gasteiger partial charge < -0.3 is 14.2 Å². The summed E-state index contributed by atoms with van der Waals surface area (Å²) in [5.74, 6) is -3.42. The first-order valence-corrected chi connectivity index (χ1v) is 7.51. The maximum Gasteiger partial charge on any atom is 0.320 e. The van der Waals surface area contributed by atoms with Crippen LogP contribution in [0.4, 0.5) is 0 Å². The molecule has 0 aromatic heterocycles. The van der Waals surface area contributed by atoms with Gasteiger partial charge in [0.2, 0.25) is 0 Å². The summed E-state index contributed by atoms with van der Waals surface area (Å²) in [6.45, 7) is 3.36. The zero-order valence-electron chi connectivity index (χ0n) is 12.2. The van der Waals surface area contributed by atoms with Crippen LogP contribution in [0.25, 0.3) is 0 Å². The lowest BCUT2D eigenvalue weighted by Gasteiger charge is -2.22. The fraction of sp³-hybridized carbons (Fsp3) is 0.733. The molecular formula is C15H16O7. The van der Waals surface area contributed by atoms with E-state index < -0.39 is 47.4 Å². The molecule has 0 aromatic carbocycles. The highest BCUT2D eigenvalue weighted by Crippen LogP contribution is 2.76. The molecule has 4 rings (SSSR count). The first-order chi connectivity index (χ1) is 10.4. The standard InChI is InChI=1S/C15H16O7/c1-3-20-14(19)15(4-5(2)16)8-9(15)11-7-6(10(8)21-11)12(17)22-13(7)18/h6-11H,3-4H2,1-2H3. The highest BCUT2D eigenvalue weighted by molar-refractivity contribution is 5.99. The van der Waals surface area contributed by atoms with E-state index >= 15 is 0 Å².